The predicted molar refractivity (Wildman–Crippen MR) is 419 cm³/mol. The van der Waals surface area contributed by atoms with Gasteiger partial charge in [0.05, 0.1) is 50.2 Å². The number of benzene rings is 15. The maximum atomic E-state index is 18.7. The molecule has 470 valence electrons. The van der Waals surface area contributed by atoms with Gasteiger partial charge < -0.3 is 32.3 Å². The lowest BCUT2D eigenvalue weighted by Crippen LogP contribution is -2.53. The van der Waals surface area contributed by atoms with Gasteiger partial charge in [-0.2, -0.15) is 0 Å². The smallest absolute Gasteiger partial charge is 0.175 e. The third-order valence-corrected chi connectivity index (χ3v) is 30.5. The molecule has 0 unspecified atom stereocenters. The van der Waals surface area contributed by atoms with Gasteiger partial charge in [-0.3, -0.25) is 0 Å². The molecule has 0 N–H and O–H groups in total. The Balaban J connectivity index is 0.894. The Morgan fingerprint density at radius 1 is 0.190 bits per heavy atom. The summed E-state index contributed by atoms with van der Waals surface area (Å²) in [7, 11) is -12.5. The standard InChI is InChI=1S/C90H57N4O3P3/c95-98(67-31-4-1-5-32-67)82-52-61(58-25-22-28-64(49-58)91-76-43-16-10-37-70(76)71-38-11-17-44-77(71)91)54-84-88(82)94-89-83(98)53-62(59-26-23-29-65(50-59)92-78-45-18-12-39-72(78)73-40-13-19-46-79(73)92)55-85(89)100(97,69-35-8-3-9-36-69)87-57-63(56-86(90(87)94)99(84,96)68-33-6-2-7-34-68)60-27-24-30-66(51-60)93-80-47-20-14-41-74(80)75-42-15-21-48-81(75)93/h1-57H. The SMILES string of the molecule is O=P1(c2ccccc2)c2cc(-c3cccc(-n4c5ccccc5c5ccccc54)c3)cc3c2N2c4c1cc(-c1cccc(-n5c6ccccc6c6ccccc65)c1)cc4P(=O)(c1ccccc1)c1cc(-c4cccc(-n5c6ccccc6c6ccccc65)c4)cc(c12)P3(=O)c1ccccc1. The van der Waals surface area contributed by atoms with Gasteiger partial charge in [-0.25, -0.2) is 0 Å². The fourth-order valence-corrected chi connectivity index (χ4v) is 26.5. The number of hydrogen-bond acceptors (Lipinski definition) is 4. The third kappa shape index (κ3) is 7.86. The molecule has 0 saturated heterocycles. The molecule has 21 rings (SSSR count). The van der Waals surface area contributed by atoms with Crippen molar-refractivity contribution in [3.05, 3.63) is 346 Å². The van der Waals surface area contributed by atoms with E-state index in [1.807, 2.05) is 91.0 Å². The zero-order valence-electron chi connectivity index (χ0n) is 53.8. The molecule has 0 aliphatic carbocycles. The van der Waals surface area contributed by atoms with Crippen LogP contribution in [0.25, 0.3) is 116 Å². The normalized spacial score (nSPS) is 17.2. The molecule has 10 heteroatoms. The molecular weight excluding hydrogens is 1280 g/mol. The minimum Gasteiger partial charge on any atom is -0.309 e. The van der Waals surface area contributed by atoms with Crippen molar-refractivity contribution in [2.24, 2.45) is 0 Å². The molecule has 3 aromatic heterocycles. The molecule has 0 saturated carbocycles. The van der Waals surface area contributed by atoms with Crippen molar-refractivity contribution in [3.63, 3.8) is 0 Å². The highest BCUT2D eigenvalue weighted by Gasteiger charge is 2.57. The van der Waals surface area contributed by atoms with Crippen molar-refractivity contribution in [2.45, 2.75) is 0 Å². The van der Waals surface area contributed by atoms with E-state index < -0.39 is 21.4 Å². The van der Waals surface area contributed by atoms with Crippen LogP contribution in [-0.2, 0) is 13.7 Å². The van der Waals surface area contributed by atoms with Crippen molar-refractivity contribution in [1.82, 2.24) is 13.7 Å². The van der Waals surface area contributed by atoms with Gasteiger partial charge in [0.25, 0.3) is 0 Å². The first-order valence-corrected chi connectivity index (χ1v) is 39.0. The molecule has 3 aliphatic rings. The van der Waals surface area contributed by atoms with Crippen molar-refractivity contribution in [3.8, 4) is 50.4 Å². The highest BCUT2D eigenvalue weighted by atomic mass is 31.2. The third-order valence-electron chi connectivity index (χ3n) is 21.3. The highest BCUT2D eigenvalue weighted by Crippen LogP contribution is 2.66. The number of aromatic nitrogens is 3. The summed E-state index contributed by atoms with van der Waals surface area (Å²) in [4.78, 5) is 2.26. The van der Waals surface area contributed by atoms with Gasteiger partial charge in [-0.1, -0.05) is 237 Å². The van der Waals surface area contributed by atoms with Crippen LogP contribution in [0.3, 0.4) is 0 Å². The van der Waals surface area contributed by atoms with Crippen LogP contribution < -0.4 is 52.6 Å². The van der Waals surface area contributed by atoms with Crippen LogP contribution in [0.1, 0.15) is 0 Å². The first-order chi connectivity index (χ1) is 49.2. The number of anilines is 3. The Morgan fingerprint density at radius 3 is 0.630 bits per heavy atom. The predicted octanol–water partition coefficient (Wildman–Crippen LogP) is 19.3. The molecule has 15 aromatic carbocycles. The minimum absolute atomic E-state index is 0.565. The second kappa shape index (κ2) is 21.3. The Kier molecular flexibility index (Phi) is 12.2. The Labute approximate surface area is 576 Å². The lowest BCUT2D eigenvalue weighted by molar-refractivity contribution is 0.592. The molecule has 3 aliphatic heterocycles. The minimum atomic E-state index is -4.16. The summed E-state index contributed by atoms with van der Waals surface area (Å²) < 4.78 is 63.0. The average Bonchev–Trinajstić information content (AvgIpc) is 0.854. The van der Waals surface area contributed by atoms with E-state index in [1.165, 1.54) is 0 Å². The van der Waals surface area contributed by atoms with Gasteiger partial charge in [0.1, 0.15) is 0 Å². The molecule has 18 aromatic rings. The molecule has 100 heavy (non-hydrogen) atoms. The summed E-state index contributed by atoms with van der Waals surface area (Å²) in [5.41, 5.74) is 16.1. The van der Waals surface area contributed by atoms with E-state index in [-0.39, 0.29) is 0 Å². The molecule has 0 amide bonds. The van der Waals surface area contributed by atoms with Crippen LogP contribution >= 0.6 is 21.4 Å². The maximum Gasteiger partial charge on any atom is 0.175 e. The first kappa shape index (κ1) is 57.3. The van der Waals surface area contributed by atoms with Crippen LogP contribution in [0, 0.1) is 0 Å². The van der Waals surface area contributed by atoms with E-state index in [9.17, 15) is 0 Å². The summed E-state index contributed by atoms with van der Waals surface area (Å²) in [5.74, 6) is 0. The first-order valence-electron chi connectivity index (χ1n) is 33.9. The summed E-state index contributed by atoms with van der Waals surface area (Å²) >= 11 is 0. The van der Waals surface area contributed by atoms with E-state index in [1.54, 1.807) is 0 Å². The van der Waals surface area contributed by atoms with Crippen molar-refractivity contribution in [1.29, 1.82) is 0 Å². The van der Waals surface area contributed by atoms with E-state index >= 15 is 13.7 Å². The monoisotopic (exact) mass is 1330 g/mol. The Bertz CT molecular complexity index is 5840. The van der Waals surface area contributed by atoms with Crippen LogP contribution in [0.2, 0.25) is 0 Å². The van der Waals surface area contributed by atoms with Gasteiger partial charge in [0.2, 0.25) is 0 Å². The summed E-state index contributed by atoms with van der Waals surface area (Å²) in [6.07, 6.45) is 0. The quantitative estimate of drug-likeness (QED) is 0.135. The van der Waals surface area contributed by atoms with Crippen LogP contribution in [0.4, 0.5) is 17.1 Å². The van der Waals surface area contributed by atoms with Gasteiger partial charge in [0.15, 0.2) is 21.4 Å². The second-order valence-electron chi connectivity index (χ2n) is 26.5. The molecule has 0 spiro atoms. The van der Waals surface area contributed by atoms with Crippen molar-refractivity contribution in [2.75, 3.05) is 4.90 Å². The average molecular weight is 1340 g/mol. The Morgan fingerprint density at radius 2 is 0.400 bits per heavy atom. The van der Waals surface area contributed by atoms with Crippen LogP contribution in [0.15, 0.2) is 346 Å². The topological polar surface area (TPSA) is 69.2 Å². The number of hydrogen-bond donors (Lipinski definition) is 0. The van der Waals surface area contributed by atoms with E-state index in [2.05, 4.69) is 273 Å². The number of para-hydroxylation sites is 6. The van der Waals surface area contributed by atoms with Crippen molar-refractivity contribution >= 4 is 152 Å². The summed E-state index contributed by atoms with van der Waals surface area (Å²) in [5, 5.41) is 12.2. The molecule has 0 fully saturated rings. The lowest BCUT2D eigenvalue weighted by Gasteiger charge is -2.49. The van der Waals surface area contributed by atoms with Gasteiger partial charge >= 0.3 is 0 Å². The number of fused-ring (bicyclic) bond motifs is 9. The van der Waals surface area contributed by atoms with Gasteiger partial charge in [-0.05, 0) is 143 Å². The van der Waals surface area contributed by atoms with Crippen LogP contribution in [-0.4, -0.2) is 13.7 Å². The lowest BCUT2D eigenvalue weighted by atomic mass is 10.0. The number of nitrogens with zero attached hydrogens (tertiary/aromatic N) is 4. The second-order valence-corrected chi connectivity index (χ2v) is 34.6. The zero-order chi connectivity index (χ0) is 66.2. The zero-order valence-corrected chi connectivity index (χ0v) is 56.4. The molecule has 7 nitrogen and oxygen atoms in total. The highest BCUT2D eigenvalue weighted by molar-refractivity contribution is 7.90. The Hall–Kier alpha value is -11.8. The van der Waals surface area contributed by atoms with Gasteiger partial charge in [0, 0.05) is 97.1 Å². The van der Waals surface area contributed by atoms with Crippen molar-refractivity contribution < 1.29 is 13.7 Å². The van der Waals surface area contributed by atoms with E-state index in [0.29, 0.717) is 64.8 Å². The fraction of sp³-hybridized carbons (Fsp3) is 0. The molecule has 0 radical (unpaired) electrons. The summed E-state index contributed by atoms with van der Waals surface area (Å²) in [6, 6.07) is 119. The fourth-order valence-electron chi connectivity index (χ4n) is 17.0. The molecule has 0 atom stereocenters. The van der Waals surface area contributed by atoms with E-state index in [4.69, 9.17) is 0 Å². The van der Waals surface area contributed by atoms with Gasteiger partial charge in [-0.15, -0.1) is 0 Å². The summed E-state index contributed by atoms with van der Waals surface area (Å²) in [6.45, 7) is 0. The largest absolute Gasteiger partial charge is 0.309 e. The van der Waals surface area contributed by atoms with E-state index in [0.717, 1.165) is 116 Å². The number of rotatable bonds is 9. The molecule has 6 heterocycles. The van der Waals surface area contributed by atoms with Crippen LogP contribution in [0.5, 0.6) is 0 Å². The molecule has 0 bridgehead atoms. The maximum absolute atomic E-state index is 18.7. The molecular formula is C90H57N4O3P3.